The van der Waals surface area contributed by atoms with Crippen LogP contribution in [0.4, 0.5) is 11.4 Å². The van der Waals surface area contributed by atoms with E-state index in [2.05, 4.69) is 4.72 Å². The van der Waals surface area contributed by atoms with Gasteiger partial charge >= 0.3 is 0 Å². The van der Waals surface area contributed by atoms with Crippen LogP contribution in [0.15, 0.2) is 18.2 Å². The maximum absolute atomic E-state index is 11.5. The van der Waals surface area contributed by atoms with Gasteiger partial charge in [0.15, 0.2) is 0 Å². The molecule has 0 heterocycles. The third-order valence-corrected chi connectivity index (χ3v) is 4.05. The Morgan fingerprint density at radius 1 is 1.35 bits per heavy atom. The molecule has 1 aromatic carbocycles. The third-order valence-electron chi connectivity index (χ3n) is 2.05. The lowest BCUT2D eigenvalue weighted by Crippen LogP contribution is -2.17. The third kappa shape index (κ3) is 4.26. The quantitative estimate of drug-likeness (QED) is 0.849. The van der Waals surface area contributed by atoms with Crippen LogP contribution < -0.4 is 9.62 Å². The van der Waals surface area contributed by atoms with Crippen LogP contribution in [-0.2, 0) is 10.0 Å². The molecule has 1 rings (SSSR count). The smallest absolute Gasteiger partial charge is 0.233 e. The van der Waals surface area contributed by atoms with E-state index in [9.17, 15) is 8.42 Å². The maximum Gasteiger partial charge on any atom is 0.233 e. The summed E-state index contributed by atoms with van der Waals surface area (Å²) in [5.41, 5.74) is 1.26. The first-order chi connectivity index (χ1) is 7.85. The van der Waals surface area contributed by atoms with Crippen LogP contribution in [0, 0.1) is 0 Å². The Morgan fingerprint density at radius 2 is 2.00 bits per heavy atom. The van der Waals surface area contributed by atoms with Crippen LogP contribution in [0.5, 0.6) is 0 Å². The Hall–Kier alpha value is -0.650. The van der Waals surface area contributed by atoms with Gasteiger partial charge in [-0.25, -0.2) is 8.42 Å². The van der Waals surface area contributed by atoms with Crippen LogP contribution in [0.3, 0.4) is 0 Å². The summed E-state index contributed by atoms with van der Waals surface area (Å²) in [6.45, 7) is 0. The van der Waals surface area contributed by atoms with E-state index in [4.69, 9.17) is 23.2 Å². The van der Waals surface area contributed by atoms with Crippen molar-refractivity contribution in [1.29, 1.82) is 0 Å². The van der Waals surface area contributed by atoms with Crippen LogP contribution in [0.1, 0.15) is 0 Å². The normalized spacial score (nSPS) is 11.3. The minimum absolute atomic E-state index is 0.0544. The summed E-state index contributed by atoms with van der Waals surface area (Å²) in [5.74, 6) is -0.0690. The summed E-state index contributed by atoms with van der Waals surface area (Å²) < 4.78 is 25.4. The van der Waals surface area contributed by atoms with E-state index < -0.39 is 10.0 Å². The monoisotopic (exact) mass is 296 g/mol. The zero-order valence-electron chi connectivity index (χ0n) is 9.57. The topological polar surface area (TPSA) is 49.4 Å². The number of hydrogen-bond donors (Lipinski definition) is 1. The highest BCUT2D eigenvalue weighted by atomic mass is 35.5. The molecule has 4 nitrogen and oxygen atoms in total. The van der Waals surface area contributed by atoms with E-state index in [1.165, 1.54) is 0 Å². The van der Waals surface area contributed by atoms with Gasteiger partial charge in [-0.15, -0.1) is 11.6 Å². The molecule has 0 fully saturated rings. The predicted octanol–water partition coefficient (Wildman–Crippen LogP) is 2.39. The van der Waals surface area contributed by atoms with Crippen LogP contribution in [-0.4, -0.2) is 34.1 Å². The van der Waals surface area contributed by atoms with Gasteiger partial charge in [-0.2, -0.15) is 0 Å². The summed E-state index contributed by atoms with van der Waals surface area (Å²) in [4.78, 5) is 1.85. The summed E-state index contributed by atoms with van der Waals surface area (Å²) in [5, 5.41) is 0.487. The zero-order chi connectivity index (χ0) is 13.1. The lowest BCUT2D eigenvalue weighted by atomic mass is 10.3. The van der Waals surface area contributed by atoms with Crippen molar-refractivity contribution < 1.29 is 8.42 Å². The van der Waals surface area contributed by atoms with Crippen LogP contribution in [0.25, 0.3) is 0 Å². The molecule has 0 amide bonds. The van der Waals surface area contributed by atoms with Crippen LogP contribution in [0.2, 0.25) is 5.02 Å². The van der Waals surface area contributed by atoms with Crippen LogP contribution >= 0.6 is 23.2 Å². The fraction of sp³-hybridized carbons (Fsp3) is 0.400. The van der Waals surface area contributed by atoms with E-state index in [0.717, 1.165) is 5.69 Å². The molecular formula is C10H14Cl2N2O2S. The first kappa shape index (κ1) is 14.4. The molecule has 0 saturated carbocycles. The number of hydrogen-bond acceptors (Lipinski definition) is 3. The maximum atomic E-state index is 11.5. The highest BCUT2D eigenvalue weighted by Gasteiger charge is 2.11. The summed E-state index contributed by atoms with van der Waals surface area (Å²) in [6, 6.07) is 4.98. The molecule has 0 radical (unpaired) electrons. The van der Waals surface area contributed by atoms with E-state index in [1.54, 1.807) is 18.2 Å². The predicted molar refractivity (Wildman–Crippen MR) is 73.9 cm³/mol. The molecule has 0 saturated heterocycles. The van der Waals surface area contributed by atoms with Crippen molar-refractivity contribution in [3.63, 3.8) is 0 Å². The molecule has 1 N–H and O–H groups in total. The molecule has 0 unspecified atom stereocenters. The average Bonchev–Trinajstić information content (AvgIpc) is 2.15. The van der Waals surface area contributed by atoms with Crippen molar-refractivity contribution in [2.24, 2.45) is 0 Å². The number of halogens is 2. The minimum Gasteiger partial charge on any atom is -0.376 e. The van der Waals surface area contributed by atoms with Crippen molar-refractivity contribution in [1.82, 2.24) is 0 Å². The number of nitrogens with one attached hydrogen (secondary N) is 1. The standard InChI is InChI=1S/C10H14Cl2N2O2S/c1-14(2)10-4-3-8(7-9(10)12)13-17(15,16)6-5-11/h3-4,7,13H,5-6H2,1-2H3. The Kier molecular flexibility index (Phi) is 4.91. The first-order valence-corrected chi connectivity index (χ1v) is 7.45. The number of rotatable bonds is 5. The summed E-state index contributed by atoms with van der Waals surface area (Å²) in [6.07, 6.45) is 0. The van der Waals surface area contributed by atoms with Crippen molar-refractivity contribution in [3.05, 3.63) is 23.2 Å². The second-order valence-corrected chi connectivity index (χ2v) is 6.30. The zero-order valence-corrected chi connectivity index (χ0v) is 11.9. The number of anilines is 2. The molecule has 0 aliphatic carbocycles. The Labute approximate surface area is 112 Å². The number of nitrogens with zero attached hydrogens (tertiary/aromatic N) is 1. The number of benzene rings is 1. The van der Waals surface area contributed by atoms with E-state index in [-0.39, 0.29) is 11.6 Å². The van der Waals surface area contributed by atoms with Gasteiger partial charge < -0.3 is 4.90 Å². The number of sulfonamides is 1. The molecule has 0 aliphatic rings. The largest absolute Gasteiger partial charge is 0.376 e. The van der Waals surface area contributed by atoms with Crippen molar-refractivity contribution in [2.45, 2.75) is 0 Å². The molecule has 96 valence electrons. The van der Waals surface area contributed by atoms with Crippen molar-refractivity contribution >= 4 is 44.6 Å². The molecule has 0 spiro atoms. The summed E-state index contributed by atoms with van der Waals surface area (Å²) in [7, 11) is 0.331. The van der Waals surface area contributed by atoms with Crippen molar-refractivity contribution in [3.8, 4) is 0 Å². The Morgan fingerprint density at radius 3 is 2.47 bits per heavy atom. The second-order valence-electron chi connectivity index (χ2n) is 3.67. The molecule has 17 heavy (non-hydrogen) atoms. The highest BCUT2D eigenvalue weighted by molar-refractivity contribution is 7.92. The molecule has 7 heteroatoms. The van der Waals surface area contributed by atoms with Gasteiger partial charge in [-0.1, -0.05) is 11.6 Å². The lowest BCUT2D eigenvalue weighted by molar-refractivity contribution is 0.602. The minimum atomic E-state index is -3.39. The molecular weight excluding hydrogens is 283 g/mol. The number of alkyl halides is 1. The fourth-order valence-electron chi connectivity index (χ4n) is 1.27. The molecule has 0 bridgehead atoms. The highest BCUT2D eigenvalue weighted by Crippen LogP contribution is 2.27. The van der Waals surface area contributed by atoms with Gasteiger partial charge in [0.1, 0.15) is 0 Å². The van der Waals surface area contributed by atoms with Crippen molar-refractivity contribution in [2.75, 3.05) is 35.4 Å². The van der Waals surface area contributed by atoms with Gasteiger partial charge in [-0.05, 0) is 18.2 Å². The van der Waals surface area contributed by atoms with E-state index >= 15 is 0 Å². The molecule has 1 aromatic rings. The van der Waals surface area contributed by atoms with Gasteiger partial charge in [0.05, 0.1) is 22.2 Å². The van der Waals surface area contributed by atoms with Gasteiger partial charge in [0.2, 0.25) is 10.0 Å². The fourth-order valence-corrected chi connectivity index (χ4v) is 3.02. The molecule has 0 aromatic heterocycles. The second kappa shape index (κ2) is 5.80. The van der Waals surface area contributed by atoms with E-state index in [1.807, 2.05) is 19.0 Å². The summed E-state index contributed by atoms with van der Waals surface area (Å²) >= 11 is 11.4. The molecule has 0 atom stereocenters. The lowest BCUT2D eigenvalue weighted by Gasteiger charge is -2.15. The Balaban J connectivity index is 2.92. The molecule has 0 aliphatic heterocycles. The first-order valence-electron chi connectivity index (χ1n) is 4.89. The van der Waals surface area contributed by atoms with Gasteiger partial charge in [0, 0.05) is 20.0 Å². The van der Waals surface area contributed by atoms with E-state index in [0.29, 0.717) is 10.7 Å². The average molecular weight is 297 g/mol. The SMILES string of the molecule is CN(C)c1ccc(NS(=O)(=O)CCCl)cc1Cl. The van der Waals surface area contributed by atoms with Gasteiger partial charge in [-0.3, -0.25) is 4.72 Å². The van der Waals surface area contributed by atoms with Gasteiger partial charge in [0.25, 0.3) is 0 Å². The Bertz CT molecular complexity index is 489.